The van der Waals surface area contributed by atoms with Gasteiger partial charge in [-0.1, -0.05) is 6.07 Å². The topological polar surface area (TPSA) is 17.1 Å². The van der Waals surface area contributed by atoms with Gasteiger partial charge in [-0.2, -0.15) is 17.7 Å². The average molecular weight is 248 g/mol. The normalized spacial score (nSPS) is 6.80. The third-order valence-electron chi connectivity index (χ3n) is 0.892. The molecular weight excluding hydrogens is 242 g/mol. The quantitative estimate of drug-likeness (QED) is 0.544. The number of carbonyl (C=O) groups excluding carboxylic acids is 1. The standard InChI is InChI=1S/C7H5O.ClH.Pd/c8-6-7-4-2-1-3-5-7;;/h1-5H;1H;/q-1;;. The zero-order valence-corrected chi connectivity index (χ0v) is 7.39. The van der Waals surface area contributed by atoms with Crippen LogP contribution in [0.25, 0.3) is 0 Å². The van der Waals surface area contributed by atoms with Crippen LogP contribution in [0.4, 0.5) is 0 Å². The maximum atomic E-state index is 9.88. The van der Waals surface area contributed by atoms with Crippen LogP contribution in [-0.4, -0.2) is 6.29 Å². The monoisotopic (exact) mass is 247 g/mol. The van der Waals surface area contributed by atoms with E-state index < -0.39 is 0 Å². The van der Waals surface area contributed by atoms with Gasteiger partial charge < -0.3 is 4.79 Å². The van der Waals surface area contributed by atoms with Crippen molar-refractivity contribution in [3.05, 3.63) is 35.9 Å². The van der Waals surface area contributed by atoms with Crippen molar-refractivity contribution in [3.63, 3.8) is 0 Å². The first kappa shape index (κ1) is 12.5. The molecule has 0 bridgehead atoms. The van der Waals surface area contributed by atoms with Gasteiger partial charge in [-0.3, -0.25) is 0 Å². The van der Waals surface area contributed by atoms with Crippen molar-refractivity contribution in [1.82, 2.24) is 0 Å². The predicted molar refractivity (Wildman–Crippen MR) is 38.5 cm³/mol. The first-order chi connectivity index (χ1) is 3.93. The summed E-state index contributed by atoms with van der Waals surface area (Å²) in [7, 11) is 0. The van der Waals surface area contributed by atoms with E-state index in [1.165, 1.54) is 0 Å². The van der Waals surface area contributed by atoms with Crippen LogP contribution in [0.1, 0.15) is 5.56 Å². The van der Waals surface area contributed by atoms with Crippen molar-refractivity contribution in [1.29, 1.82) is 0 Å². The summed E-state index contributed by atoms with van der Waals surface area (Å²) in [6, 6.07) is 8.90. The molecule has 0 saturated carbocycles. The molecule has 58 valence electrons. The Morgan fingerprint density at radius 1 is 1.10 bits per heavy atom. The Kier molecular flexibility index (Phi) is 8.70. The van der Waals surface area contributed by atoms with Gasteiger partial charge in [0, 0.05) is 20.4 Å². The summed E-state index contributed by atoms with van der Waals surface area (Å²) in [6.45, 7) is 0. The molecule has 0 spiro atoms. The third-order valence-corrected chi connectivity index (χ3v) is 0.892. The summed E-state index contributed by atoms with van der Waals surface area (Å²) in [5, 5.41) is 0. The number of benzene rings is 1. The zero-order chi connectivity index (χ0) is 5.82. The van der Waals surface area contributed by atoms with Gasteiger partial charge in [0.05, 0.1) is 6.29 Å². The van der Waals surface area contributed by atoms with E-state index in [0.29, 0.717) is 5.56 Å². The SMILES string of the molecule is Cl.O=[C-]c1ccccc1.[Pd]. The van der Waals surface area contributed by atoms with E-state index in [-0.39, 0.29) is 32.8 Å². The van der Waals surface area contributed by atoms with Crippen molar-refractivity contribution in [2.75, 3.05) is 0 Å². The summed E-state index contributed by atoms with van der Waals surface area (Å²) >= 11 is 0. The van der Waals surface area contributed by atoms with Crippen LogP contribution in [-0.2, 0) is 25.2 Å². The van der Waals surface area contributed by atoms with Gasteiger partial charge in [-0.25, -0.2) is 0 Å². The minimum absolute atomic E-state index is 0. The molecule has 1 nitrogen and oxygen atoms in total. The van der Waals surface area contributed by atoms with Crippen LogP contribution < -0.4 is 0 Å². The van der Waals surface area contributed by atoms with Crippen molar-refractivity contribution in [3.8, 4) is 0 Å². The van der Waals surface area contributed by atoms with E-state index in [0.717, 1.165) is 0 Å². The van der Waals surface area contributed by atoms with E-state index in [1.54, 1.807) is 30.6 Å². The number of halogens is 1. The van der Waals surface area contributed by atoms with Crippen LogP contribution in [0.3, 0.4) is 0 Å². The minimum Gasteiger partial charge on any atom is -0.376 e. The van der Waals surface area contributed by atoms with Gasteiger partial charge in [0.1, 0.15) is 0 Å². The van der Waals surface area contributed by atoms with E-state index >= 15 is 0 Å². The number of rotatable bonds is 1. The molecule has 0 atom stereocenters. The molecule has 0 aromatic heterocycles. The molecule has 1 aromatic carbocycles. The molecule has 10 heavy (non-hydrogen) atoms. The van der Waals surface area contributed by atoms with Gasteiger partial charge in [0.15, 0.2) is 0 Å². The second-order valence-electron chi connectivity index (χ2n) is 1.47. The molecule has 0 radical (unpaired) electrons. The molecule has 3 heteroatoms. The summed E-state index contributed by atoms with van der Waals surface area (Å²) < 4.78 is 0. The maximum absolute atomic E-state index is 9.88. The zero-order valence-electron chi connectivity index (χ0n) is 5.02. The Balaban J connectivity index is 0. The predicted octanol–water partition coefficient (Wildman–Crippen LogP) is 1.56. The van der Waals surface area contributed by atoms with Crippen LogP contribution >= 0.6 is 12.4 Å². The second kappa shape index (κ2) is 6.96. The summed E-state index contributed by atoms with van der Waals surface area (Å²) in [6.07, 6.45) is 1.78. The Labute approximate surface area is 79.9 Å². The molecule has 0 aliphatic heterocycles. The summed E-state index contributed by atoms with van der Waals surface area (Å²) in [5.74, 6) is 0. The van der Waals surface area contributed by atoms with Crippen molar-refractivity contribution in [2.24, 2.45) is 0 Å². The molecule has 0 saturated heterocycles. The molecule has 0 heterocycles. The Hall–Kier alpha value is -0.158. The minimum atomic E-state index is 0. The molecule has 0 aliphatic rings. The second-order valence-corrected chi connectivity index (χ2v) is 1.47. The first-order valence-electron chi connectivity index (χ1n) is 2.36. The third kappa shape index (κ3) is 3.79. The molecular formula is C7H6ClOPd-. The largest absolute Gasteiger partial charge is 0.376 e. The Bertz CT molecular complexity index is 176. The molecule has 0 amide bonds. The summed E-state index contributed by atoms with van der Waals surface area (Å²) in [5.41, 5.74) is 0.604. The number of hydrogen-bond donors (Lipinski definition) is 0. The molecule has 1 rings (SSSR count). The molecule has 1 aromatic rings. The van der Waals surface area contributed by atoms with Crippen molar-refractivity contribution >= 4 is 18.7 Å². The van der Waals surface area contributed by atoms with E-state index in [4.69, 9.17) is 0 Å². The van der Waals surface area contributed by atoms with Gasteiger partial charge in [0.2, 0.25) is 0 Å². The fourth-order valence-corrected chi connectivity index (χ4v) is 0.506. The van der Waals surface area contributed by atoms with Crippen LogP contribution in [0.2, 0.25) is 0 Å². The smallest absolute Gasteiger partial charge is 0.0627 e. The van der Waals surface area contributed by atoms with Gasteiger partial charge in [0.25, 0.3) is 0 Å². The van der Waals surface area contributed by atoms with Crippen LogP contribution in [0.5, 0.6) is 0 Å². The molecule has 0 fully saturated rings. The van der Waals surface area contributed by atoms with Crippen LogP contribution in [0.15, 0.2) is 30.3 Å². The number of hydrogen-bond acceptors (Lipinski definition) is 1. The van der Waals surface area contributed by atoms with E-state index in [1.807, 2.05) is 6.07 Å². The van der Waals surface area contributed by atoms with E-state index in [2.05, 4.69) is 0 Å². The first-order valence-corrected chi connectivity index (χ1v) is 2.36. The Morgan fingerprint density at radius 3 is 1.90 bits per heavy atom. The van der Waals surface area contributed by atoms with Gasteiger partial charge in [-0.05, 0) is 0 Å². The van der Waals surface area contributed by atoms with Gasteiger partial charge in [-0.15, -0.1) is 24.5 Å². The van der Waals surface area contributed by atoms with Crippen molar-refractivity contribution in [2.45, 2.75) is 0 Å². The fourth-order valence-electron chi connectivity index (χ4n) is 0.506. The average Bonchev–Trinajstić information content (AvgIpc) is 1.90. The van der Waals surface area contributed by atoms with Crippen molar-refractivity contribution < 1.29 is 25.2 Å². The van der Waals surface area contributed by atoms with E-state index in [9.17, 15) is 4.79 Å². The summed E-state index contributed by atoms with van der Waals surface area (Å²) in [4.78, 5) is 9.88. The molecule has 0 aliphatic carbocycles. The molecule has 0 unspecified atom stereocenters. The van der Waals surface area contributed by atoms with Crippen LogP contribution in [0, 0.1) is 0 Å². The Morgan fingerprint density at radius 2 is 1.60 bits per heavy atom. The fraction of sp³-hybridized carbons (Fsp3) is 0. The maximum Gasteiger partial charge on any atom is 0.0627 e. The van der Waals surface area contributed by atoms with Gasteiger partial charge >= 0.3 is 0 Å². The molecule has 0 N–H and O–H groups in total.